The number of halogens is 1. The summed E-state index contributed by atoms with van der Waals surface area (Å²) in [5, 5.41) is 2.87. The molecule has 1 aromatic carbocycles. The Hall–Kier alpha value is -1.27. The summed E-state index contributed by atoms with van der Waals surface area (Å²) in [5.41, 5.74) is 0.0722. The molecule has 1 aliphatic rings. The summed E-state index contributed by atoms with van der Waals surface area (Å²) in [7, 11) is 1.43. The summed E-state index contributed by atoms with van der Waals surface area (Å²) in [5.74, 6) is -0.165. The lowest BCUT2D eigenvalue weighted by Crippen LogP contribution is -2.34. The van der Waals surface area contributed by atoms with Crippen LogP contribution in [0.15, 0.2) is 23.1 Å². The molecule has 1 N–H and O–H groups in total. The zero-order valence-corrected chi connectivity index (χ0v) is 13.7. The zero-order chi connectivity index (χ0) is 15.8. The van der Waals surface area contributed by atoms with E-state index < -0.39 is 9.05 Å². The van der Waals surface area contributed by atoms with Gasteiger partial charge in [-0.1, -0.05) is 0 Å². The lowest BCUT2D eigenvalue weighted by Gasteiger charge is -2.15. The highest BCUT2D eigenvalue weighted by Crippen LogP contribution is 2.35. The quantitative estimate of drug-likeness (QED) is 0.842. The molecule has 1 saturated carbocycles. The molecule has 1 amide bonds. The van der Waals surface area contributed by atoms with Crippen LogP contribution in [0.5, 0.6) is 5.75 Å². The van der Waals surface area contributed by atoms with Crippen LogP contribution in [0, 0.1) is 0 Å². The van der Waals surface area contributed by atoms with Crippen molar-refractivity contribution in [2.75, 3.05) is 0 Å². The number of benzene rings is 1. The van der Waals surface area contributed by atoms with Gasteiger partial charge in [0, 0.05) is 21.8 Å². The molecule has 0 atom stereocenters. The normalized spacial score (nSPS) is 16.6. The van der Waals surface area contributed by atoms with Gasteiger partial charge in [0.05, 0.1) is 6.10 Å². The number of hydrogen-bond acceptors (Lipinski definition) is 4. The predicted molar refractivity (Wildman–Crippen MR) is 80.4 cm³/mol. The molecule has 7 heteroatoms. The second kappa shape index (κ2) is 5.50. The van der Waals surface area contributed by atoms with Crippen molar-refractivity contribution in [1.82, 2.24) is 5.32 Å². The number of carbonyl (C=O) groups is 1. The fourth-order valence-electron chi connectivity index (χ4n) is 1.85. The summed E-state index contributed by atoms with van der Waals surface area (Å²) in [6, 6.07) is 4.24. The maximum atomic E-state index is 12.1. The molecule has 1 aromatic rings. The van der Waals surface area contributed by atoms with Gasteiger partial charge in [-0.25, -0.2) is 8.42 Å². The lowest BCUT2D eigenvalue weighted by atomic mass is 10.2. The topological polar surface area (TPSA) is 72.5 Å². The van der Waals surface area contributed by atoms with Crippen LogP contribution in [0.2, 0.25) is 0 Å². The van der Waals surface area contributed by atoms with E-state index in [1.165, 1.54) is 18.2 Å². The highest BCUT2D eigenvalue weighted by Gasteiger charge is 2.39. The van der Waals surface area contributed by atoms with Crippen molar-refractivity contribution < 1.29 is 17.9 Å². The molecule has 0 spiro atoms. The minimum Gasteiger partial charge on any atom is -0.490 e. The van der Waals surface area contributed by atoms with Gasteiger partial charge in [0.2, 0.25) is 0 Å². The van der Waals surface area contributed by atoms with Crippen molar-refractivity contribution in [3.63, 3.8) is 0 Å². The summed E-state index contributed by atoms with van der Waals surface area (Å²) < 4.78 is 28.7. The van der Waals surface area contributed by atoms with Gasteiger partial charge >= 0.3 is 0 Å². The van der Waals surface area contributed by atoms with E-state index in [-0.39, 0.29) is 33.8 Å². The molecule has 1 aliphatic carbocycles. The van der Waals surface area contributed by atoms with E-state index in [2.05, 4.69) is 5.32 Å². The van der Waals surface area contributed by atoms with Crippen LogP contribution >= 0.6 is 10.7 Å². The maximum absolute atomic E-state index is 12.1. The fourth-order valence-corrected chi connectivity index (χ4v) is 2.84. The predicted octanol–water partition coefficient (Wildman–Crippen LogP) is 2.68. The lowest BCUT2D eigenvalue weighted by molar-refractivity contribution is 0.0935. The van der Waals surface area contributed by atoms with Gasteiger partial charge in [-0.05, 0) is 51.8 Å². The van der Waals surface area contributed by atoms with E-state index in [0.29, 0.717) is 0 Å². The van der Waals surface area contributed by atoms with E-state index in [9.17, 15) is 13.2 Å². The Morgan fingerprint density at radius 2 is 2.00 bits per heavy atom. The third-order valence-electron chi connectivity index (χ3n) is 3.25. The van der Waals surface area contributed by atoms with Gasteiger partial charge in [-0.15, -0.1) is 0 Å². The zero-order valence-electron chi connectivity index (χ0n) is 12.1. The second-order valence-electron chi connectivity index (χ2n) is 5.78. The van der Waals surface area contributed by atoms with E-state index in [4.69, 9.17) is 15.4 Å². The summed E-state index contributed by atoms with van der Waals surface area (Å²) in [6.45, 7) is 5.50. The SMILES string of the molecule is CC(C)Oc1ccc(C(=O)NC2(C)CC2)cc1S(=O)(=O)Cl. The van der Waals surface area contributed by atoms with Crippen molar-refractivity contribution in [1.29, 1.82) is 0 Å². The van der Waals surface area contributed by atoms with Crippen LogP contribution in [0.4, 0.5) is 0 Å². The number of amides is 1. The van der Waals surface area contributed by atoms with Gasteiger partial charge in [0.25, 0.3) is 15.0 Å². The van der Waals surface area contributed by atoms with Crippen LogP contribution in [0.3, 0.4) is 0 Å². The molecule has 21 heavy (non-hydrogen) atoms. The van der Waals surface area contributed by atoms with E-state index in [1.54, 1.807) is 13.8 Å². The molecular weight excluding hydrogens is 314 g/mol. The molecule has 5 nitrogen and oxygen atoms in total. The van der Waals surface area contributed by atoms with Crippen LogP contribution in [0.25, 0.3) is 0 Å². The standard InChI is InChI=1S/C14H18ClNO4S/c1-9(2)20-11-5-4-10(8-12(11)21(15,18)19)13(17)16-14(3)6-7-14/h4-5,8-9H,6-7H2,1-3H3,(H,16,17). The Bertz CT molecular complexity index is 666. The summed E-state index contributed by atoms with van der Waals surface area (Å²) in [6.07, 6.45) is 1.65. The second-order valence-corrected chi connectivity index (χ2v) is 8.32. The van der Waals surface area contributed by atoms with Gasteiger partial charge in [-0.2, -0.15) is 0 Å². The molecule has 0 bridgehead atoms. The Balaban J connectivity index is 2.34. The Morgan fingerprint density at radius 3 is 2.48 bits per heavy atom. The first-order chi connectivity index (χ1) is 9.61. The van der Waals surface area contributed by atoms with Gasteiger partial charge in [0.1, 0.15) is 10.6 Å². The molecule has 116 valence electrons. The van der Waals surface area contributed by atoms with Crippen LogP contribution in [0.1, 0.15) is 44.0 Å². The summed E-state index contributed by atoms with van der Waals surface area (Å²) >= 11 is 0. The van der Waals surface area contributed by atoms with E-state index >= 15 is 0 Å². The smallest absolute Gasteiger partial charge is 0.265 e. The molecule has 0 aliphatic heterocycles. The molecule has 2 rings (SSSR count). The fraction of sp³-hybridized carbons (Fsp3) is 0.500. The molecule has 1 fully saturated rings. The number of carbonyl (C=O) groups excluding carboxylic acids is 1. The number of hydrogen-bond donors (Lipinski definition) is 1. The van der Waals surface area contributed by atoms with Gasteiger partial charge < -0.3 is 10.1 Å². The van der Waals surface area contributed by atoms with Gasteiger partial charge in [0.15, 0.2) is 0 Å². The average molecular weight is 332 g/mol. The van der Waals surface area contributed by atoms with Crippen LogP contribution in [-0.4, -0.2) is 26.0 Å². The van der Waals surface area contributed by atoms with Crippen molar-refractivity contribution in [2.24, 2.45) is 0 Å². The average Bonchev–Trinajstić information content (AvgIpc) is 3.04. The summed E-state index contributed by atoms with van der Waals surface area (Å²) in [4.78, 5) is 11.9. The minimum absolute atomic E-state index is 0.147. The number of nitrogens with one attached hydrogen (secondary N) is 1. The third kappa shape index (κ3) is 4.11. The number of rotatable bonds is 5. The minimum atomic E-state index is -4.00. The van der Waals surface area contributed by atoms with E-state index in [0.717, 1.165) is 12.8 Å². The van der Waals surface area contributed by atoms with Crippen LogP contribution in [-0.2, 0) is 9.05 Å². The number of ether oxygens (including phenoxy) is 1. The van der Waals surface area contributed by atoms with E-state index in [1.807, 2.05) is 6.92 Å². The van der Waals surface area contributed by atoms with Crippen molar-refractivity contribution in [3.05, 3.63) is 23.8 Å². The molecule has 0 unspecified atom stereocenters. The molecule has 0 saturated heterocycles. The van der Waals surface area contributed by atoms with Gasteiger partial charge in [-0.3, -0.25) is 4.79 Å². The largest absolute Gasteiger partial charge is 0.490 e. The molecule has 0 radical (unpaired) electrons. The Kier molecular flexibility index (Phi) is 4.22. The Labute approximate surface area is 129 Å². The van der Waals surface area contributed by atoms with Crippen LogP contribution < -0.4 is 10.1 Å². The van der Waals surface area contributed by atoms with Crippen molar-refractivity contribution >= 4 is 25.6 Å². The molecule has 0 aromatic heterocycles. The monoisotopic (exact) mass is 331 g/mol. The Morgan fingerprint density at radius 1 is 1.38 bits per heavy atom. The first kappa shape index (κ1) is 16.1. The first-order valence-corrected chi connectivity index (χ1v) is 8.99. The van der Waals surface area contributed by atoms with Crippen molar-refractivity contribution in [3.8, 4) is 5.75 Å². The van der Waals surface area contributed by atoms with Crippen molar-refractivity contribution in [2.45, 2.75) is 50.2 Å². The highest BCUT2D eigenvalue weighted by atomic mass is 35.7. The first-order valence-electron chi connectivity index (χ1n) is 6.69. The third-order valence-corrected chi connectivity index (χ3v) is 4.59. The molecule has 0 heterocycles. The highest BCUT2D eigenvalue weighted by molar-refractivity contribution is 8.13. The molecular formula is C14H18ClNO4S. The maximum Gasteiger partial charge on any atom is 0.265 e.